The third kappa shape index (κ3) is 6.66. The lowest BCUT2D eigenvalue weighted by atomic mass is 10.3. The zero-order valence-electron chi connectivity index (χ0n) is 10.7. The number of methoxy groups -OCH3 is 1. The van der Waals surface area contributed by atoms with Crippen molar-refractivity contribution in [3.8, 4) is 5.75 Å². The molecule has 1 N–H and O–H groups in total. The number of ether oxygens (including phenoxy) is 2. The maximum Gasteiger partial charge on any atom is 0.222 e. The molecular formula is C13H17Cl2NO3. The molecule has 6 heteroatoms. The van der Waals surface area contributed by atoms with E-state index >= 15 is 0 Å². The average Bonchev–Trinajstić information content (AvgIpc) is 2.38. The molecular weight excluding hydrogens is 289 g/mol. The summed E-state index contributed by atoms with van der Waals surface area (Å²) < 4.78 is 10.3. The van der Waals surface area contributed by atoms with Crippen LogP contribution >= 0.6 is 23.2 Å². The van der Waals surface area contributed by atoms with E-state index in [0.717, 1.165) is 0 Å². The van der Waals surface area contributed by atoms with Gasteiger partial charge in [0.15, 0.2) is 0 Å². The first kappa shape index (κ1) is 16.1. The van der Waals surface area contributed by atoms with Gasteiger partial charge in [-0.1, -0.05) is 23.2 Å². The van der Waals surface area contributed by atoms with Crippen molar-refractivity contribution < 1.29 is 14.3 Å². The van der Waals surface area contributed by atoms with E-state index in [4.69, 9.17) is 32.7 Å². The molecule has 1 aromatic rings. The van der Waals surface area contributed by atoms with E-state index in [2.05, 4.69) is 5.32 Å². The molecule has 0 heterocycles. The molecule has 0 spiro atoms. The largest absolute Gasteiger partial charge is 0.492 e. The van der Waals surface area contributed by atoms with Gasteiger partial charge < -0.3 is 14.8 Å². The fraction of sp³-hybridized carbons (Fsp3) is 0.462. The lowest BCUT2D eigenvalue weighted by molar-refractivity contribution is -0.121. The molecule has 4 nitrogen and oxygen atoms in total. The molecule has 1 amide bonds. The van der Waals surface area contributed by atoms with Crippen molar-refractivity contribution in [2.24, 2.45) is 0 Å². The van der Waals surface area contributed by atoms with Gasteiger partial charge in [0.2, 0.25) is 5.91 Å². The van der Waals surface area contributed by atoms with Crippen molar-refractivity contribution in [1.29, 1.82) is 0 Å². The standard InChI is InChI=1S/C13H17Cl2NO3/c1-18-8-5-13(17)16-6-2-7-19-12-4-3-10(14)9-11(12)15/h3-4,9H,2,5-8H2,1H3,(H,16,17). The normalized spacial score (nSPS) is 10.3. The van der Waals surface area contributed by atoms with Crippen LogP contribution in [-0.4, -0.2) is 32.8 Å². The van der Waals surface area contributed by atoms with E-state index in [-0.39, 0.29) is 5.91 Å². The minimum atomic E-state index is -0.0219. The number of rotatable bonds is 8. The molecule has 0 atom stereocenters. The summed E-state index contributed by atoms with van der Waals surface area (Å²) in [6.45, 7) is 1.47. The molecule has 0 aliphatic heterocycles. The van der Waals surface area contributed by atoms with Crippen LogP contribution < -0.4 is 10.1 Å². The predicted molar refractivity (Wildman–Crippen MR) is 76.1 cm³/mol. The number of halogens is 2. The molecule has 0 aliphatic rings. The fourth-order valence-corrected chi connectivity index (χ4v) is 1.82. The van der Waals surface area contributed by atoms with E-state index in [1.54, 1.807) is 25.3 Å². The Morgan fingerprint density at radius 3 is 2.79 bits per heavy atom. The van der Waals surface area contributed by atoms with E-state index in [0.29, 0.717) is 48.4 Å². The van der Waals surface area contributed by atoms with Gasteiger partial charge >= 0.3 is 0 Å². The molecule has 0 bridgehead atoms. The second-order valence-corrected chi connectivity index (χ2v) is 4.71. The molecule has 19 heavy (non-hydrogen) atoms. The number of benzene rings is 1. The van der Waals surface area contributed by atoms with Crippen molar-refractivity contribution in [1.82, 2.24) is 5.32 Å². The zero-order chi connectivity index (χ0) is 14.1. The van der Waals surface area contributed by atoms with Crippen LogP contribution in [-0.2, 0) is 9.53 Å². The van der Waals surface area contributed by atoms with Crippen molar-refractivity contribution in [2.45, 2.75) is 12.8 Å². The third-order valence-electron chi connectivity index (χ3n) is 2.33. The lowest BCUT2D eigenvalue weighted by Gasteiger charge is -2.09. The number of amides is 1. The topological polar surface area (TPSA) is 47.6 Å². The van der Waals surface area contributed by atoms with Gasteiger partial charge in [-0.15, -0.1) is 0 Å². The summed E-state index contributed by atoms with van der Waals surface area (Å²) in [5.74, 6) is 0.572. The first-order valence-electron chi connectivity index (χ1n) is 5.97. The Kier molecular flexibility index (Phi) is 7.63. The lowest BCUT2D eigenvalue weighted by Crippen LogP contribution is -2.26. The van der Waals surface area contributed by atoms with Crippen LogP contribution in [0, 0.1) is 0 Å². The van der Waals surface area contributed by atoms with Crippen LogP contribution in [0.1, 0.15) is 12.8 Å². The van der Waals surface area contributed by atoms with Gasteiger partial charge in [0, 0.05) is 25.1 Å². The molecule has 0 saturated heterocycles. The summed E-state index contributed by atoms with van der Waals surface area (Å²) in [6.07, 6.45) is 1.08. The summed E-state index contributed by atoms with van der Waals surface area (Å²) in [7, 11) is 1.57. The van der Waals surface area contributed by atoms with E-state index in [1.807, 2.05) is 0 Å². The van der Waals surface area contributed by atoms with Crippen LogP contribution in [0.25, 0.3) is 0 Å². The Labute approximate surface area is 123 Å². The van der Waals surface area contributed by atoms with Gasteiger partial charge in [-0.2, -0.15) is 0 Å². The minimum absolute atomic E-state index is 0.0219. The monoisotopic (exact) mass is 305 g/mol. The Hall–Kier alpha value is -0.970. The predicted octanol–water partition coefficient (Wildman–Crippen LogP) is 2.92. The number of hydrogen-bond acceptors (Lipinski definition) is 3. The molecule has 0 saturated carbocycles. The highest BCUT2D eigenvalue weighted by atomic mass is 35.5. The highest BCUT2D eigenvalue weighted by Gasteiger charge is 2.03. The zero-order valence-corrected chi connectivity index (χ0v) is 12.3. The van der Waals surface area contributed by atoms with Gasteiger partial charge in [-0.05, 0) is 24.6 Å². The summed E-state index contributed by atoms with van der Waals surface area (Å²) in [6, 6.07) is 5.07. The summed E-state index contributed by atoms with van der Waals surface area (Å²) >= 11 is 11.7. The molecule has 106 valence electrons. The van der Waals surface area contributed by atoms with Crippen LogP contribution in [0.5, 0.6) is 5.75 Å². The summed E-state index contributed by atoms with van der Waals surface area (Å²) in [4.78, 5) is 11.3. The van der Waals surface area contributed by atoms with Gasteiger partial charge in [0.1, 0.15) is 5.75 Å². The van der Waals surface area contributed by atoms with Gasteiger partial charge in [0.05, 0.1) is 18.2 Å². The number of carbonyl (C=O) groups is 1. The second kappa shape index (κ2) is 9.02. The van der Waals surface area contributed by atoms with Gasteiger partial charge in [-0.3, -0.25) is 4.79 Å². The number of hydrogen-bond donors (Lipinski definition) is 1. The van der Waals surface area contributed by atoms with Crippen LogP contribution in [0.4, 0.5) is 0 Å². The number of nitrogens with one attached hydrogen (secondary N) is 1. The minimum Gasteiger partial charge on any atom is -0.492 e. The Bertz CT molecular complexity index is 413. The summed E-state index contributed by atoms with van der Waals surface area (Å²) in [5, 5.41) is 3.83. The SMILES string of the molecule is COCCC(=O)NCCCOc1ccc(Cl)cc1Cl. The number of carbonyl (C=O) groups excluding carboxylic acids is 1. The highest BCUT2D eigenvalue weighted by molar-refractivity contribution is 6.35. The molecule has 1 rings (SSSR count). The Morgan fingerprint density at radius 1 is 1.32 bits per heavy atom. The molecule has 0 radical (unpaired) electrons. The maximum absolute atomic E-state index is 11.3. The van der Waals surface area contributed by atoms with Crippen molar-refractivity contribution in [2.75, 3.05) is 26.9 Å². The van der Waals surface area contributed by atoms with Crippen LogP contribution in [0.3, 0.4) is 0 Å². The smallest absolute Gasteiger partial charge is 0.222 e. The molecule has 0 aliphatic carbocycles. The third-order valence-corrected chi connectivity index (χ3v) is 2.86. The molecule has 0 unspecified atom stereocenters. The quantitative estimate of drug-likeness (QED) is 0.751. The molecule has 0 fully saturated rings. The van der Waals surface area contributed by atoms with E-state index < -0.39 is 0 Å². The first-order valence-corrected chi connectivity index (χ1v) is 6.72. The second-order valence-electron chi connectivity index (χ2n) is 3.87. The fourth-order valence-electron chi connectivity index (χ4n) is 1.36. The van der Waals surface area contributed by atoms with Crippen molar-refractivity contribution in [3.63, 3.8) is 0 Å². The molecule has 0 aromatic heterocycles. The summed E-state index contributed by atoms with van der Waals surface area (Å²) in [5.41, 5.74) is 0. The van der Waals surface area contributed by atoms with Crippen LogP contribution in [0.15, 0.2) is 18.2 Å². The van der Waals surface area contributed by atoms with Crippen molar-refractivity contribution in [3.05, 3.63) is 28.2 Å². The molecule has 1 aromatic carbocycles. The van der Waals surface area contributed by atoms with Crippen molar-refractivity contribution >= 4 is 29.1 Å². The Balaban J connectivity index is 2.15. The maximum atomic E-state index is 11.3. The Morgan fingerprint density at radius 2 is 2.11 bits per heavy atom. The highest BCUT2D eigenvalue weighted by Crippen LogP contribution is 2.27. The van der Waals surface area contributed by atoms with Crippen LogP contribution in [0.2, 0.25) is 10.0 Å². The van der Waals surface area contributed by atoms with E-state index in [9.17, 15) is 4.79 Å². The van der Waals surface area contributed by atoms with Gasteiger partial charge in [0.25, 0.3) is 0 Å². The first-order chi connectivity index (χ1) is 9.13. The van der Waals surface area contributed by atoms with E-state index in [1.165, 1.54) is 0 Å². The average molecular weight is 306 g/mol. The van der Waals surface area contributed by atoms with Gasteiger partial charge in [-0.25, -0.2) is 0 Å².